The van der Waals surface area contributed by atoms with Crippen LogP contribution in [0, 0.1) is 3.57 Å². The number of fused-ring (bicyclic) bond motifs is 2. The molecule has 1 amide bonds. The molecule has 1 unspecified atom stereocenters. The third-order valence-electron chi connectivity index (χ3n) is 5.45. The van der Waals surface area contributed by atoms with Gasteiger partial charge in [-0.3, -0.25) is 4.79 Å². The summed E-state index contributed by atoms with van der Waals surface area (Å²) in [6.07, 6.45) is 2.30. The van der Waals surface area contributed by atoms with Gasteiger partial charge in [-0.25, -0.2) is 0 Å². The third-order valence-corrected chi connectivity index (χ3v) is 6.70. The van der Waals surface area contributed by atoms with Crippen LogP contribution in [0.25, 0.3) is 10.8 Å². The van der Waals surface area contributed by atoms with Crippen molar-refractivity contribution in [1.29, 1.82) is 0 Å². The summed E-state index contributed by atoms with van der Waals surface area (Å²) >= 11 is 5.81. The zero-order chi connectivity index (χ0) is 20.6. The number of carbonyl (C=O) groups is 1. The molecular formula is C23H21BrINO3. The molecule has 6 heteroatoms. The smallest absolute Gasteiger partial charge is 0.268 e. The first-order valence-electron chi connectivity index (χ1n) is 9.61. The van der Waals surface area contributed by atoms with Crippen LogP contribution in [-0.2, 0) is 10.4 Å². The molecule has 0 fully saturated rings. The number of nitrogens with zero attached hydrogens (tertiary/aromatic N) is 1. The van der Waals surface area contributed by atoms with E-state index in [0.717, 1.165) is 37.3 Å². The van der Waals surface area contributed by atoms with E-state index in [1.165, 1.54) is 0 Å². The number of anilines is 1. The second kappa shape index (κ2) is 8.34. The lowest BCUT2D eigenvalue weighted by molar-refractivity contribution is -0.132. The van der Waals surface area contributed by atoms with E-state index in [-0.39, 0.29) is 12.5 Å². The van der Waals surface area contributed by atoms with E-state index in [9.17, 15) is 9.90 Å². The molecule has 0 aromatic heterocycles. The lowest BCUT2D eigenvalue weighted by Crippen LogP contribution is -2.41. The van der Waals surface area contributed by atoms with Crippen molar-refractivity contribution in [3.8, 4) is 0 Å². The first kappa shape index (κ1) is 20.8. The van der Waals surface area contributed by atoms with E-state index < -0.39 is 5.60 Å². The SMILES string of the molecule is O=C1N(CCCCCO)c2cc(I)cc(Br)c2C1(O)c1ccc2ccccc2c1. The Labute approximate surface area is 191 Å². The lowest BCUT2D eigenvalue weighted by Gasteiger charge is -2.24. The number of rotatable bonds is 6. The zero-order valence-corrected chi connectivity index (χ0v) is 19.5. The van der Waals surface area contributed by atoms with E-state index >= 15 is 0 Å². The van der Waals surface area contributed by atoms with Crippen molar-refractivity contribution in [1.82, 2.24) is 0 Å². The van der Waals surface area contributed by atoms with Crippen LogP contribution in [0.3, 0.4) is 0 Å². The zero-order valence-electron chi connectivity index (χ0n) is 15.7. The lowest BCUT2D eigenvalue weighted by atomic mass is 9.86. The van der Waals surface area contributed by atoms with Gasteiger partial charge in [0, 0.05) is 26.8 Å². The minimum atomic E-state index is -1.74. The highest BCUT2D eigenvalue weighted by Gasteiger charge is 2.52. The second-order valence-electron chi connectivity index (χ2n) is 7.30. The largest absolute Gasteiger partial charge is 0.396 e. The van der Waals surface area contributed by atoms with Crippen LogP contribution in [0.2, 0.25) is 0 Å². The Morgan fingerprint density at radius 1 is 1.00 bits per heavy atom. The number of halogens is 2. The number of hydrogen-bond donors (Lipinski definition) is 2. The van der Waals surface area contributed by atoms with E-state index in [4.69, 9.17) is 5.11 Å². The summed E-state index contributed by atoms with van der Waals surface area (Å²) in [5, 5.41) is 22.9. The van der Waals surface area contributed by atoms with Gasteiger partial charge in [0.25, 0.3) is 5.91 Å². The molecule has 0 aliphatic carbocycles. The number of amides is 1. The van der Waals surface area contributed by atoms with Crippen LogP contribution < -0.4 is 4.90 Å². The van der Waals surface area contributed by atoms with Gasteiger partial charge >= 0.3 is 0 Å². The van der Waals surface area contributed by atoms with Crippen molar-refractivity contribution in [3.05, 3.63) is 73.8 Å². The Balaban J connectivity index is 1.83. The monoisotopic (exact) mass is 565 g/mol. The molecule has 1 aliphatic heterocycles. The minimum Gasteiger partial charge on any atom is -0.396 e. The topological polar surface area (TPSA) is 60.8 Å². The molecule has 1 atom stereocenters. The second-order valence-corrected chi connectivity index (χ2v) is 9.40. The van der Waals surface area contributed by atoms with Crippen molar-refractivity contribution in [2.75, 3.05) is 18.1 Å². The molecule has 1 heterocycles. The first-order valence-corrected chi connectivity index (χ1v) is 11.5. The maximum absolute atomic E-state index is 13.6. The summed E-state index contributed by atoms with van der Waals surface area (Å²) < 4.78 is 1.71. The summed E-state index contributed by atoms with van der Waals surface area (Å²) in [7, 11) is 0. The van der Waals surface area contributed by atoms with Gasteiger partial charge in [-0.1, -0.05) is 52.3 Å². The van der Waals surface area contributed by atoms with Crippen molar-refractivity contribution >= 4 is 60.9 Å². The van der Waals surface area contributed by atoms with Crippen molar-refractivity contribution in [3.63, 3.8) is 0 Å². The van der Waals surface area contributed by atoms with Gasteiger partial charge in [-0.15, -0.1) is 0 Å². The third kappa shape index (κ3) is 3.60. The molecule has 150 valence electrons. The van der Waals surface area contributed by atoms with E-state index in [1.807, 2.05) is 54.6 Å². The van der Waals surface area contributed by atoms with Gasteiger partial charge in [-0.05, 0) is 76.4 Å². The highest BCUT2D eigenvalue weighted by Crippen LogP contribution is 2.49. The molecule has 2 N–H and O–H groups in total. The Hall–Kier alpha value is -1.48. The van der Waals surface area contributed by atoms with E-state index in [1.54, 1.807) is 4.90 Å². The van der Waals surface area contributed by atoms with Crippen molar-refractivity contribution < 1.29 is 15.0 Å². The molecule has 0 saturated carbocycles. The van der Waals surface area contributed by atoms with Crippen molar-refractivity contribution in [2.24, 2.45) is 0 Å². The Kier molecular flexibility index (Phi) is 5.97. The molecule has 0 saturated heterocycles. The van der Waals surface area contributed by atoms with Crippen LogP contribution in [0.4, 0.5) is 5.69 Å². The summed E-state index contributed by atoms with van der Waals surface area (Å²) in [5.74, 6) is -0.325. The molecule has 3 aromatic rings. The molecule has 4 rings (SSSR count). The number of carbonyl (C=O) groups excluding carboxylic acids is 1. The van der Waals surface area contributed by atoms with Crippen LogP contribution in [-0.4, -0.2) is 29.3 Å². The van der Waals surface area contributed by atoms with Crippen LogP contribution in [0.5, 0.6) is 0 Å². The van der Waals surface area contributed by atoms with Gasteiger partial charge in [0.2, 0.25) is 0 Å². The molecular weight excluding hydrogens is 545 g/mol. The predicted molar refractivity (Wildman–Crippen MR) is 127 cm³/mol. The summed E-state index contributed by atoms with van der Waals surface area (Å²) in [6, 6.07) is 17.5. The number of aliphatic hydroxyl groups excluding tert-OH is 1. The van der Waals surface area contributed by atoms with Gasteiger partial charge in [0.1, 0.15) is 0 Å². The fourth-order valence-corrected chi connectivity index (χ4v) is 5.78. The van der Waals surface area contributed by atoms with Gasteiger partial charge in [0.15, 0.2) is 5.60 Å². The van der Waals surface area contributed by atoms with Gasteiger partial charge in [0.05, 0.1) is 5.69 Å². The van der Waals surface area contributed by atoms with Gasteiger partial charge < -0.3 is 15.1 Å². The summed E-state index contributed by atoms with van der Waals surface area (Å²) in [4.78, 5) is 15.2. The van der Waals surface area contributed by atoms with Crippen molar-refractivity contribution in [2.45, 2.75) is 24.9 Å². The Bertz CT molecular complexity index is 1090. The number of benzene rings is 3. The number of aliphatic hydroxyl groups is 2. The van der Waals surface area contributed by atoms with Crippen LogP contribution in [0.15, 0.2) is 59.1 Å². The predicted octanol–water partition coefficient (Wildman–Crippen LogP) is 4.95. The Morgan fingerprint density at radius 3 is 2.52 bits per heavy atom. The highest BCUT2D eigenvalue weighted by atomic mass is 127. The molecule has 0 radical (unpaired) electrons. The average Bonchev–Trinajstić information content (AvgIpc) is 2.93. The molecule has 29 heavy (non-hydrogen) atoms. The summed E-state index contributed by atoms with van der Waals surface area (Å²) in [6.45, 7) is 0.656. The average molecular weight is 566 g/mol. The normalized spacial score (nSPS) is 18.5. The maximum Gasteiger partial charge on any atom is 0.268 e. The molecule has 4 nitrogen and oxygen atoms in total. The molecule has 3 aromatic carbocycles. The molecule has 0 bridgehead atoms. The van der Waals surface area contributed by atoms with Crippen LogP contribution in [0.1, 0.15) is 30.4 Å². The molecule has 0 spiro atoms. The van der Waals surface area contributed by atoms with Crippen LogP contribution >= 0.6 is 38.5 Å². The van der Waals surface area contributed by atoms with E-state index in [2.05, 4.69) is 38.5 Å². The number of hydrogen-bond acceptors (Lipinski definition) is 3. The Morgan fingerprint density at radius 2 is 1.76 bits per heavy atom. The first-order chi connectivity index (χ1) is 14.0. The highest BCUT2D eigenvalue weighted by molar-refractivity contribution is 14.1. The van der Waals surface area contributed by atoms with Gasteiger partial charge in [-0.2, -0.15) is 0 Å². The van der Waals surface area contributed by atoms with E-state index in [0.29, 0.717) is 24.1 Å². The number of unbranched alkanes of at least 4 members (excludes halogenated alkanes) is 2. The fourth-order valence-electron chi connectivity index (χ4n) is 4.01. The minimum absolute atomic E-state index is 0.148. The standard InChI is InChI=1S/C23H21BrINO3/c24-19-13-18(25)14-20-21(19)23(29,22(28)26(20)10-4-1-5-11-27)17-9-8-15-6-2-3-7-16(15)12-17/h2-3,6-9,12-14,27,29H,1,4-5,10-11H2. The fraction of sp³-hybridized carbons (Fsp3) is 0.261. The quantitative estimate of drug-likeness (QED) is 0.328. The maximum atomic E-state index is 13.6. The molecule has 1 aliphatic rings. The summed E-state index contributed by atoms with van der Waals surface area (Å²) in [5.41, 5.74) is 0.176.